The first-order valence-corrected chi connectivity index (χ1v) is 11.6. The number of nitrogens with one attached hydrogen (secondary N) is 1. The van der Waals surface area contributed by atoms with Crippen molar-refractivity contribution in [3.05, 3.63) is 95.9 Å². The molecule has 1 amide bonds. The number of ether oxygens (including phenoxy) is 1. The fourth-order valence-electron chi connectivity index (χ4n) is 2.77. The monoisotopic (exact) mass is 668 g/mol. The molecule has 0 unspecified atom stereocenters. The van der Waals surface area contributed by atoms with Crippen molar-refractivity contribution < 1.29 is 23.8 Å². The Hall–Kier alpha value is -2.98. The lowest BCUT2D eigenvalue weighted by atomic mass is 10.1. The SMILES string of the molecule is N#C/C(=C/c1cc(I)c(OCc2ccc(C(=O)O)cc2)c(I)c1)C(=O)Nc1ccccc1F. The molecule has 0 aliphatic rings. The zero-order chi connectivity index (χ0) is 24.0. The van der Waals surface area contributed by atoms with Crippen LogP contribution in [0.3, 0.4) is 0 Å². The standard InChI is InChI=1S/C24H15FI2N2O4/c25-18-3-1-2-4-21(18)29-23(30)17(12-28)9-15-10-19(26)22(20(27)11-15)33-13-14-5-7-16(8-6-14)24(31)32/h1-11H,13H2,(H,29,30)(H,31,32)/b17-9-. The third kappa shape index (κ3) is 6.52. The second-order valence-corrected chi connectivity index (χ2v) is 9.03. The van der Waals surface area contributed by atoms with Crippen molar-refractivity contribution >= 4 is 68.8 Å². The van der Waals surface area contributed by atoms with E-state index in [9.17, 15) is 19.2 Å². The number of nitrogens with zero attached hydrogens (tertiary/aromatic N) is 1. The molecule has 6 nitrogen and oxygen atoms in total. The second-order valence-electron chi connectivity index (χ2n) is 6.71. The number of hydrogen-bond acceptors (Lipinski definition) is 4. The summed E-state index contributed by atoms with van der Waals surface area (Å²) >= 11 is 4.20. The zero-order valence-electron chi connectivity index (χ0n) is 16.8. The molecule has 3 aromatic carbocycles. The molecule has 0 atom stereocenters. The topological polar surface area (TPSA) is 99.4 Å². The molecule has 0 aliphatic carbocycles. The minimum Gasteiger partial charge on any atom is -0.487 e. The lowest BCUT2D eigenvalue weighted by Crippen LogP contribution is -2.14. The number of anilines is 1. The van der Waals surface area contributed by atoms with Gasteiger partial charge in [-0.2, -0.15) is 5.26 Å². The van der Waals surface area contributed by atoms with E-state index >= 15 is 0 Å². The second kappa shape index (κ2) is 11.2. The Morgan fingerprint density at radius 2 is 1.73 bits per heavy atom. The fourth-order valence-corrected chi connectivity index (χ4v) is 4.89. The molecule has 3 aromatic rings. The number of aromatic carboxylic acids is 1. The van der Waals surface area contributed by atoms with Crippen molar-refractivity contribution in [3.8, 4) is 11.8 Å². The van der Waals surface area contributed by atoms with Gasteiger partial charge in [-0.1, -0.05) is 24.3 Å². The van der Waals surface area contributed by atoms with Crippen LogP contribution >= 0.6 is 45.2 Å². The molecule has 0 fully saturated rings. The number of carboxylic acid groups (broad SMARTS) is 1. The summed E-state index contributed by atoms with van der Waals surface area (Å²) in [6, 6.07) is 17.5. The smallest absolute Gasteiger partial charge is 0.335 e. The molecule has 0 bridgehead atoms. The minimum absolute atomic E-state index is 0.00653. The molecule has 0 aromatic heterocycles. The molecular weight excluding hydrogens is 653 g/mol. The Bertz CT molecular complexity index is 1260. The Balaban J connectivity index is 1.75. The molecular formula is C24H15FI2N2O4. The highest BCUT2D eigenvalue weighted by atomic mass is 127. The van der Waals surface area contributed by atoms with Gasteiger partial charge in [0.05, 0.1) is 18.4 Å². The molecule has 0 radical (unpaired) electrons. The molecule has 0 aliphatic heterocycles. The summed E-state index contributed by atoms with van der Waals surface area (Å²) in [7, 11) is 0. The minimum atomic E-state index is -0.991. The van der Waals surface area contributed by atoms with E-state index in [1.165, 1.54) is 36.4 Å². The Morgan fingerprint density at radius 1 is 1.09 bits per heavy atom. The van der Waals surface area contributed by atoms with Gasteiger partial charge in [0.2, 0.25) is 0 Å². The van der Waals surface area contributed by atoms with Gasteiger partial charge in [0.15, 0.2) is 0 Å². The number of carbonyl (C=O) groups is 2. The van der Waals surface area contributed by atoms with Crippen molar-refractivity contribution in [1.82, 2.24) is 0 Å². The number of nitriles is 1. The van der Waals surface area contributed by atoms with Gasteiger partial charge in [0, 0.05) is 0 Å². The van der Waals surface area contributed by atoms with E-state index in [1.807, 2.05) is 6.07 Å². The maximum Gasteiger partial charge on any atom is 0.335 e. The van der Waals surface area contributed by atoms with Crippen LogP contribution in [0.2, 0.25) is 0 Å². The number of carbonyl (C=O) groups excluding carboxylic acids is 1. The molecule has 2 N–H and O–H groups in total. The van der Waals surface area contributed by atoms with Crippen LogP contribution in [-0.4, -0.2) is 17.0 Å². The number of para-hydroxylation sites is 1. The predicted molar refractivity (Wildman–Crippen MR) is 138 cm³/mol. The molecule has 0 saturated heterocycles. The molecule has 0 heterocycles. The van der Waals surface area contributed by atoms with E-state index in [0.29, 0.717) is 11.3 Å². The Kier molecular flexibility index (Phi) is 8.40. The van der Waals surface area contributed by atoms with E-state index in [0.717, 1.165) is 12.7 Å². The summed E-state index contributed by atoms with van der Waals surface area (Å²) in [6.45, 7) is 0.246. The largest absolute Gasteiger partial charge is 0.487 e. The third-order valence-electron chi connectivity index (χ3n) is 4.40. The summed E-state index contributed by atoms with van der Waals surface area (Å²) in [6.07, 6.45) is 1.43. The van der Waals surface area contributed by atoms with Gasteiger partial charge in [-0.05, 0) is 98.8 Å². The van der Waals surface area contributed by atoms with Gasteiger partial charge in [-0.15, -0.1) is 0 Å². The summed E-state index contributed by atoms with van der Waals surface area (Å²) in [5, 5.41) is 20.8. The summed E-state index contributed by atoms with van der Waals surface area (Å²) in [5.41, 5.74) is 1.45. The summed E-state index contributed by atoms with van der Waals surface area (Å²) < 4.78 is 21.2. The van der Waals surface area contributed by atoms with Crippen LogP contribution in [0, 0.1) is 24.3 Å². The lowest BCUT2D eigenvalue weighted by Gasteiger charge is -2.12. The van der Waals surface area contributed by atoms with E-state index in [2.05, 4.69) is 50.5 Å². The molecule has 33 heavy (non-hydrogen) atoms. The highest BCUT2D eigenvalue weighted by Gasteiger charge is 2.14. The van der Waals surface area contributed by atoms with Crippen LogP contribution in [0.5, 0.6) is 5.75 Å². The van der Waals surface area contributed by atoms with Gasteiger partial charge in [-0.3, -0.25) is 4.79 Å². The first-order valence-electron chi connectivity index (χ1n) is 9.40. The van der Waals surface area contributed by atoms with Crippen LogP contribution in [0.15, 0.2) is 66.2 Å². The van der Waals surface area contributed by atoms with Crippen LogP contribution in [0.25, 0.3) is 6.08 Å². The number of rotatable bonds is 7. The molecule has 166 valence electrons. The average Bonchev–Trinajstić information content (AvgIpc) is 2.78. The van der Waals surface area contributed by atoms with Gasteiger partial charge in [-0.25, -0.2) is 9.18 Å². The maximum absolute atomic E-state index is 13.8. The molecule has 0 spiro atoms. The van der Waals surface area contributed by atoms with Crippen molar-refractivity contribution in [2.24, 2.45) is 0 Å². The van der Waals surface area contributed by atoms with Crippen molar-refractivity contribution in [2.45, 2.75) is 6.61 Å². The van der Waals surface area contributed by atoms with Crippen LogP contribution in [-0.2, 0) is 11.4 Å². The Labute approximate surface area is 216 Å². The highest BCUT2D eigenvalue weighted by molar-refractivity contribution is 14.1. The van der Waals surface area contributed by atoms with Crippen LogP contribution in [0.4, 0.5) is 10.1 Å². The fraction of sp³-hybridized carbons (Fsp3) is 0.0417. The van der Waals surface area contributed by atoms with Crippen LogP contribution in [0.1, 0.15) is 21.5 Å². The highest BCUT2D eigenvalue weighted by Crippen LogP contribution is 2.30. The van der Waals surface area contributed by atoms with Gasteiger partial charge in [0.1, 0.15) is 29.8 Å². The number of benzene rings is 3. The summed E-state index contributed by atoms with van der Waals surface area (Å²) in [4.78, 5) is 23.4. The average molecular weight is 668 g/mol. The molecule has 0 saturated carbocycles. The Morgan fingerprint density at radius 3 is 2.30 bits per heavy atom. The quantitative estimate of drug-likeness (QED) is 0.187. The predicted octanol–water partition coefficient (Wildman–Crippen LogP) is 5.86. The maximum atomic E-state index is 13.8. The van der Waals surface area contributed by atoms with E-state index < -0.39 is 17.7 Å². The first-order chi connectivity index (χ1) is 15.8. The van der Waals surface area contributed by atoms with E-state index in [4.69, 9.17) is 9.84 Å². The van der Waals surface area contributed by atoms with Gasteiger partial charge in [0.25, 0.3) is 5.91 Å². The first kappa shape index (κ1) is 24.7. The van der Waals surface area contributed by atoms with Crippen LogP contribution < -0.4 is 10.1 Å². The zero-order valence-corrected chi connectivity index (χ0v) is 21.1. The molecule has 9 heteroatoms. The summed E-state index contributed by atoms with van der Waals surface area (Å²) in [5.74, 6) is -1.66. The van der Waals surface area contributed by atoms with E-state index in [1.54, 1.807) is 30.3 Å². The van der Waals surface area contributed by atoms with E-state index in [-0.39, 0.29) is 23.4 Å². The third-order valence-corrected chi connectivity index (χ3v) is 6.01. The number of halogens is 3. The molecule has 3 rings (SSSR count). The van der Waals surface area contributed by atoms with Gasteiger partial charge < -0.3 is 15.2 Å². The number of carboxylic acids is 1. The van der Waals surface area contributed by atoms with Crippen molar-refractivity contribution in [1.29, 1.82) is 5.26 Å². The van der Waals surface area contributed by atoms with Gasteiger partial charge >= 0.3 is 5.97 Å². The number of hydrogen-bond donors (Lipinski definition) is 2. The van der Waals surface area contributed by atoms with Crippen molar-refractivity contribution in [2.75, 3.05) is 5.32 Å². The normalized spacial score (nSPS) is 10.9. The van der Waals surface area contributed by atoms with Crippen molar-refractivity contribution in [3.63, 3.8) is 0 Å². The number of amides is 1. The lowest BCUT2D eigenvalue weighted by molar-refractivity contribution is -0.112.